The molecule has 26 heavy (non-hydrogen) atoms. The van der Waals surface area contributed by atoms with Gasteiger partial charge in [-0.3, -0.25) is 4.79 Å². The molecule has 1 amide bonds. The van der Waals surface area contributed by atoms with Gasteiger partial charge in [0.1, 0.15) is 5.82 Å². The molecule has 0 bridgehead atoms. The number of nitrogens with zero attached hydrogens (tertiary/aromatic N) is 2. The van der Waals surface area contributed by atoms with Gasteiger partial charge in [-0.2, -0.15) is 17.5 Å². The van der Waals surface area contributed by atoms with Gasteiger partial charge < -0.3 is 10.6 Å². The van der Waals surface area contributed by atoms with Crippen molar-refractivity contribution in [1.82, 2.24) is 14.6 Å². The molecular weight excluding hydrogens is 373 g/mol. The molecule has 0 atom stereocenters. The van der Waals surface area contributed by atoms with E-state index in [1.165, 1.54) is 6.20 Å². The van der Waals surface area contributed by atoms with Crippen molar-refractivity contribution in [3.05, 3.63) is 23.9 Å². The lowest BCUT2D eigenvalue weighted by Crippen LogP contribution is -2.45. The van der Waals surface area contributed by atoms with Gasteiger partial charge in [0.2, 0.25) is 0 Å². The number of hydrogen-bond donors (Lipinski definition) is 2. The van der Waals surface area contributed by atoms with E-state index in [4.69, 9.17) is 0 Å². The minimum absolute atomic E-state index is 0.0413. The fourth-order valence-corrected chi connectivity index (χ4v) is 3.63. The van der Waals surface area contributed by atoms with Crippen molar-refractivity contribution in [3.8, 4) is 0 Å². The second-order valence-corrected chi connectivity index (χ2v) is 7.90. The summed E-state index contributed by atoms with van der Waals surface area (Å²) in [5.41, 5.74) is -4.82. The normalized spacial score (nSPS) is 17.1. The van der Waals surface area contributed by atoms with Crippen LogP contribution in [-0.4, -0.2) is 55.3 Å². The predicted molar refractivity (Wildman–Crippen MR) is 90.0 cm³/mol. The molecule has 1 fully saturated rings. The lowest BCUT2D eigenvalue weighted by molar-refractivity contribution is -0.0496. The lowest BCUT2D eigenvalue weighted by Gasteiger charge is -2.31. The van der Waals surface area contributed by atoms with Gasteiger partial charge in [-0.15, -0.1) is 0 Å². The monoisotopic (exact) mass is 394 g/mol. The van der Waals surface area contributed by atoms with Gasteiger partial charge in [-0.25, -0.2) is 13.4 Å². The maximum absolute atomic E-state index is 12.5. The number of carbonyl (C=O) groups is 1. The molecule has 1 aliphatic heterocycles. The number of aromatic nitrogens is 1. The molecule has 1 aromatic heterocycles. The van der Waals surface area contributed by atoms with Crippen LogP contribution in [0.1, 0.15) is 30.1 Å². The largest absolute Gasteiger partial charge is 0.511 e. The third-order valence-electron chi connectivity index (χ3n) is 4.14. The zero-order valence-electron chi connectivity index (χ0n) is 14.2. The smallest absolute Gasteiger partial charge is 0.370 e. The first-order chi connectivity index (χ1) is 12.1. The van der Waals surface area contributed by atoms with E-state index in [0.29, 0.717) is 41.6 Å². The van der Waals surface area contributed by atoms with Crippen LogP contribution in [0.4, 0.5) is 19.0 Å². The Balaban J connectivity index is 1.83. The van der Waals surface area contributed by atoms with E-state index in [9.17, 15) is 26.4 Å². The number of carbonyl (C=O) groups excluding carboxylic acids is 1. The van der Waals surface area contributed by atoms with Gasteiger partial charge in [-0.05, 0) is 37.8 Å². The summed E-state index contributed by atoms with van der Waals surface area (Å²) in [5, 5.41) is 5.72. The van der Waals surface area contributed by atoms with Crippen LogP contribution in [0.2, 0.25) is 0 Å². The number of amides is 1. The standard InChI is InChI=1S/C15H21F3N4O3S/c1-2-19-14(23)12-3-4-13(21-10-12)20-9-11-5-7-22(8-6-11)26(24,25)15(16,17)18/h3-4,10-11H,2,5-9H2,1H3,(H,19,23)(H,20,21). The molecule has 0 saturated carbocycles. The first kappa shape index (κ1) is 20.4. The van der Waals surface area contributed by atoms with Crippen LogP contribution in [0.3, 0.4) is 0 Å². The lowest BCUT2D eigenvalue weighted by atomic mass is 9.98. The predicted octanol–water partition coefficient (Wildman–Crippen LogP) is 1.80. The highest BCUT2D eigenvalue weighted by Gasteiger charge is 2.50. The highest BCUT2D eigenvalue weighted by atomic mass is 32.2. The molecule has 1 aromatic rings. The number of rotatable bonds is 6. The van der Waals surface area contributed by atoms with E-state index in [0.717, 1.165) is 0 Å². The molecule has 7 nitrogen and oxygen atoms in total. The number of alkyl halides is 3. The summed E-state index contributed by atoms with van der Waals surface area (Å²) < 4.78 is 60.9. The van der Waals surface area contributed by atoms with Gasteiger partial charge in [0.25, 0.3) is 5.91 Å². The summed E-state index contributed by atoms with van der Waals surface area (Å²) in [5.74, 6) is 0.368. The zero-order chi connectivity index (χ0) is 19.4. The summed E-state index contributed by atoms with van der Waals surface area (Å²) in [7, 11) is -5.25. The molecule has 11 heteroatoms. The summed E-state index contributed by atoms with van der Waals surface area (Å²) in [4.78, 5) is 15.8. The van der Waals surface area contributed by atoms with Gasteiger partial charge in [0.15, 0.2) is 0 Å². The Bertz CT molecular complexity index is 715. The van der Waals surface area contributed by atoms with Crippen molar-refractivity contribution in [1.29, 1.82) is 0 Å². The topological polar surface area (TPSA) is 91.4 Å². The molecule has 2 rings (SSSR count). The molecule has 1 saturated heterocycles. The van der Waals surface area contributed by atoms with E-state index in [1.54, 1.807) is 12.1 Å². The molecule has 146 valence electrons. The van der Waals surface area contributed by atoms with Gasteiger partial charge >= 0.3 is 15.5 Å². The third-order valence-corrected chi connectivity index (χ3v) is 5.77. The van der Waals surface area contributed by atoms with Crippen molar-refractivity contribution in [3.63, 3.8) is 0 Å². The number of hydrogen-bond acceptors (Lipinski definition) is 5. The highest BCUT2D eigenvalue weighted by molar-refractivity contribution is 7.90. The number of piperidine rings is 1. The first-order valence-corrected chi connectivity index (χ1v) is 9.63. The Hall–Kier alpha value is -1.88. The van der Waals surface area contributed by atoms with E-state index in [1.807, 2.05) is 6.92 Å². The van der Waals surface area contributed by atoms with Gasteiger partial charge in [0.05, 0.1) is 5.56 Å². The maximum Gasteiger partial charge on any atom is 0.511 e. The molecule has 0 spiro atoms. The van der Waals surface area contributed by atoms with Crippen LogP contribution in [0.5, 0.6) is 0 Å². The van der Waals surface area contributed by atoms with Crippen molar-refractivity contribution in [2.24, 2.45) is 5.92 Å². The van der Waals surface area contributed by atoms with Crippen molar-refractivity contribution < 1.29 is 26.4 Å². The van der Waals surface area contributed by atoms with Crippen LogP contribution in [0.15, 0.2) is 18.3 Å². The average Bonchev–Trinajstić information content (AvgIpc) is 2.60. The van der Waals surface area contributed by atoms with Crippen molar-refractivity contribution in [2.45, 2.75) is 25.3 Å². The molecule has 0 aliphatic carbocycles. The molecule has 0 unspecified atom stereocenters. The van der Waals surface area contributed by atoms with Crippen LogP contribution < -0.4 is 10.6 Å². The van der Waals surface area contributed by atoms with Crippen molar-refractivity contribution in [2.75, 3.05) is 31.5 Å². The molecule has 0 aromatic carbocycles. The van der Waals surface area contributed by atoms with Crippen LogP contribution in [0, 0.1) is 5.92 Å². The molecule has 0 radical (unpaired) electrons. The average molecular weight is 394 g/mol. The molecule has 2 N–H and O–H groups in total. The summed E-state index contributed by atoms with van der Waals surface area (Å²) in [6.45, 7) is 2.48. The number of pyridine rings is 1. The van der Waals surface area contributed by atoms with Crippen LogP contribution in [-0.2, 0) is 10.0 Å². The summed E-state index contributed by atoms with van der Waals surface area (Å²) >= 11 is 0. The Morgan fingerprint density at radius 2 is 1.96 bits per heavy atom. The number of anilines is 1. The number of halogens is 3. The Kier molecular flexibility index (Phi) is 6.45. The second kappa shape index (κ2) is 8.21. The molecular formula is C15H21F3N4O3S. The molecule has 1 aliphatic rings. The number of sulfonamides is 1. The summed E-state index contributed by atoms with van der Waals surface area (Å²) in [6, 6.07) is 3.27. The Morgan fingerprint density at radius 1 is 1.31 bits per heavy atom. The van der Waals surface area contributed by atoms with Gasteiger partial charge in [-0.1, -0.05) is 0 Å². The minimum atomic E-state index is -5.26. The summed E-state index contributed by atoms with van der Waals surface area (Å²) in [6.07, 6.45) is 2.10. The fourth-order valence-electron chi connectivity index (χ4n) is 2.64. The molecule has 2 heterocycles. The van der Waals surface area contributed by atoms with E-state index < -0.39 is 15.5 Å². The van der Waals surface area contributed by atoms with E-state index in [-0.39, 0.29) is 24.9 Å². The van der Waals surface area contributed by atoms with Crippen LogP contribution in [0.25, 0.3) is 0 Å². The van der Waals surface area contributed by atoms with Gasteiger partial charge in [0, 0.05) is 32.4 Å². The number of nitrogens with one attached hydrogen (secondary N) is 2. The fraction of sp³-hybridized carbons (Fsp3) is 0.600. The Morgan fingerprint density at radius 3 is 2.46 bits per heavy atom. The quantitative estimate of drug-likeness (QED) is 0.768. The Labute approximate surface area is 150 Å². The van der Waals surface area contributed by atoms with E-state index in [2.05, 4.69) is 15.6 Å². The first-order valence-electron chi connectivity index (χ1n) is 8.19. The highest BCUT2D eigenvalue weighted by Crippen LogP contribution is 2.30. The maximum atomic E-state index is 12.5. The SMILES string of the molecule is CCNC(=O)c1ccc(NCC2CCN(S(=O)(=O)C(F)(F)F)CC2)nc1. The van der Waals surface area contributed by atoms with E-state index >= 15 is 0 Å². The van der Waals surface area contributed by atoms with Crippen molar-refractivity contribution >= 4 is 21.7 Å². The minimum Gasteiger partial charge on any atom is -0.370 e. The zero-order valence-corrected chi connectivity index (χ0v) is 15.0. The van der Waals surface area contributed by atoms with Crippen LogP contribution >= 0.6 is 0 Å². The second-order valence-electron chi connectivity index (χ2n) is 5.97. The third kappa shape index (κ3) is 4.85.